The average Bonchev–Trinajstić information content (AvgIpc) is 2.29. The van der Waals surface area contributed by atoms with Gasteiger partial charge >= 0.3 is 0 Å². The lowest BCUT2D eigenvalue weighted by molar-refractivity contribution is 1.35. The van der Waals surface area contributed by atoms with E-state index in [1.807, 2.05) is 24.3 Å². The lowest BCUT2D eigenvalue weighted by Crippen LogP contribution is -1.93. The van der Waals surface area contributed by atoms with Crippen LogP contribution < -0.4 is 5.73 Å². The number of anilines is 1. The van der Waals surface area contributed by atoms with E-state index in [9.17, 15) is 0 Å². The molecule has 15 heavy (non-hydrogen) atoms. The summed E-state index contributed by atoms with van der Waals surface area (Å²) in [4.78, 5) is 4.12. The molecule has 1 heterocycles. The Morgan fingerprint density at radius 1 is 1.27 bits per heavy atom. The first-order valence-electron chi connectivity index (χ1n) is 4.51. The zero-order chi connectivity index (χ0) is 10.7. The van der Waals surface area contributed by atoms with Crippen molar-refractivity contribution in [2.75, 3.05) is 11.1 Å². The molecule has 0 fully saturated rings. The quantitative estimate of drug-likeness (QED) is 0.584. The monoisotopic (exact) mass is 260 g/mol. The van der Waals surface area contributed by atoms with Gasteiger partial charge in [0, 0.05) is 17.0 Å². The average molecular weight is 261 g/mol. The van der Waals surface area contributed by atoms with Crippen LogP contribution >= 0.6 is 15.9 Å². The first-order valence-corrected chi connectivity index (χ1v) is 5.63. The Balaban J connectivity index is 2.72. The van der Waals surface area contributed by atoms with Gasteiger partial charge in [0.1, 0.15) is 5.82 Å². The van der Waals surface area contributed by atoms with Gasteiger partial charge in [0.05, 0.1) is 10.9 Å². The number of fused-ring (bicyclic) bond motifs is 1. The van der Waals surface area contributed by atoms with E-state index in [2.05, 4.69) is 32.8 Å². The molecule has 74 valence electrons. The normalized spacial score (nSPS) is 9.67. The molecule has 0 unspecified atom stereocenters. The summed E-state index contributed by atoms with van der Waals surface area (Å²) in [5, 5.41) is 2.67. The molecule has 2 aromatic rings. The molecule has 2 N–H and O–H groups in total. The van der Waals surface area contributed by atoms with Crippen LogP contribution in [0.2, 0.25) is 0 Å². The van der Waals surface area contributed by atoms with Crippen molar-refractivity contribution in [3.05, 3.63) is 36.0 Å². The van der Waals surface area contributed by atoms with Crippen molar-refractivity contribution in [2.45, 2.75) is 0 Å². The summed E-state index contributed by atoms with van der Waals surface area (Å²) in [6, 6.07) is 7.88. The Kier molecular flexibility index (Phi) is 2.89. The van der Waals surface area contributed by atoms with E-state index in [4.69, 9.17) is 5.73 Å². The van der Waals surface area contributed by atoms with Crippen molar-refractivity contribution >= 4 is 32.5 Å². The first kappa shape index (κ1) is 10.0. The fraction of sp³-hybridized carbons (Fsp3) is 0.0833. The number of aromatic nitrogens is 1. The van der Waals surface area contributed by atoms with Gasteiger partial charge < -0.3 is 5.73 Å². The minimum absolute atomic E-state index is 0.551. The molecule has 0 saturated heterocycles. The standard InChI is InChI=1S/C12H9BrN2/c13-7-3-4-9-8-15-12(14)11-6-2-1-5-10(9)11/h1-2,5-6,8H,7H2,(H2,14,15). The lowest BCUT2D eigenvalue weighted by Gasteiger charge is -2.02. The van der Waals surface area contributed by atoms with Gasteiger partial charge in [-0.2, -0.15) is 0 Å². The summed E-state index contributed by atoms with van der Waals surface area (Å²) in [7, 11) is 0. The van der Waals surface area contributed by atoms with Gasteiger partial charge in [-0.3, -0.25) is 0 Å². The van der Waals surface area contributed by atoms with Gasteiger partial charge in [0.2, 0.25) is 0 Å². The van der Waals surface area contributed by atoms with Crippen molar-refractivity contribution in [1.29, 1.82) is 0 Å². The molecule has 0 aliphatic carbocycles. The third-order valence-corrected chi connectivity index (χ3v) is 2.40. The number of nitrogens with zero attached hydrogens (tertiary/aromatic N) is 1. The molecule has 1 aromatic carbocycles. The number of pyridine rings is 1. The largest absolute Gasteiger partial charge is 0.383 e. The molecule has 0 saturated carbocycles. The van der Waals surface area contributed by atoms with Gasteiger partial charge in [0.25, 0.3) is 0 Å². The Bertz CT molecular complexity index is 552. The number of hydrogen-bond acceptors (Lipinski definition) is 2. The molecule has 0 bridgehead atoms. The molecule has 0 spiro atoms. The number of benzene rings is 1. The molecule has 0 aliphatic heterocycles. The number of alkyl halides is 1. The highest BCUT2D eigenvalue weighted by molar-refractivity contribution is 9.09. The predicted molar refractivity (Wildman–Crippen MR) is 66.8 cm³/mol. The third-order valence-electron chi connectivity index (χ3n) is 2.12. The van der Waals surface area contributed by atoms with Crippen LogP contribution in [-0.2, 0) is 0 Å². The van der Waals surface area contributed by atoms with E-state index in [0.29, 0.717) is 11.1 Å². The second-order valence-corrected chi connectivity index (χ2v) is 3.60. The maximum Gasteiger partial charge on any atom is 0.131 e. The van der Waals surface area contributed by atoms with Gasteiger partial charge in [-0.15, -0.1) is 0 Å². The molecule has 2 nitrogen and oxygen atoms in total. The molecular weight excluding hydrogens is 252 g/mol. The molecule has 2 rings (SSSR count). The summed E-state index contributed by atoms with van der Waals surface area (Å²) >= 11 is 3.27. The second kappa shape index (κ2) is 4.33. The van der Waals surface area contributed by atoms with Crippen LogP contribution in [0.1, 0.15) is 5.56 Å². The van der Waals surface area contributed by atoms with E-state index in [1.165, 1.54) is 0 Å². The Hall–Kier alpha value is -1.53. The Morgan fingerprint density at radius 3 is 2.73 bits per heavy atom. The fourth-order valence-electron chi connectivity index (χ4n) is 1.44. The minimum atomic E-state index is 0.551. The van der Waals surface area contributed by atoms with Gasteiger partial charge in [-0.1, -0.05) is 52.0 Å². The number of rotatable bonds is 0. The molecule has 0 radical (unpaired) electrons. The summed E-state index contributed by atoms with van der Waals surface area (Å²) in [5.74, 6) is 6.56. The highest BCUT2D eigenvalue weighted by atomic mass is 79.9. The van der Waals surface area contributed by atoms with Crippen LogP contribution in [0, 0.1) is 11.8 Å². The number of nitrogens with two attached hydrogens (primary N) is 1. The van der Waals surface area contributed by atoms with E-state index >= 15 is 0 Å². The molecular formula is C12H9BrN2. The van der Waals surface area contributed by atoms with Crippen molar-refractivity contribution in [3.8, 4) is 11.8 Å². The molecule has 1 aromatic heterocycles. The first-order chi connectivity index (χ1) is 7.33. The molecule has 0 aliphatic rings. The van der Waals surface area contributed by atoms with Crippen LogP contribution in [-0.4, -0.2) is 10.3 Å². The summed E-state index contributed by atoms with van der Waals surface area (Å²) in [6.45, 7) is 0. The highest BCUT2D eigenvalue weighted by Gasteiger charge is 2.01. The zero-order valence-electron chi connectivity index (χ0n) is 8.00. The van der Waals surface area contributed by atoms with Crippen LogP contribution in [0.25, 0.3) is 10.8 Å². The van der Waals surface area contributed by atoms with E-state index in [0.717, 1.165) is 16.3 Å². The summed E-state index contributed by atoms with van der Waals surface area (Å²) in [5.41, 5.74) is 6.70. The maximum absolute atomic E-state index is 5.79. The number of halogens is 1. The van der Waals surface area contributed by atoms with E-state index < -0.39 is 0 Å². The number of hydrogen-bond donors (Lipinski definition) is 1. The topological polar surface area (TPSA) is 38.9 Å². The van der Waals surface area contributed by atoms with Crippen molar-refractivity contribution in [3.63, 3.8) is 0 Å². The van der Waals surface area contributed by atoms with Gasteiger partial charge in [-0.25, -0.2) is 4.98 Å². The zero-order valence-corrected chi connectivity index (χ0v) is 9.58. The number of nitrogen functional groups attached to an aromatic ring is 1. The van der Waals surface area contributed by atoms with Crippen LogP contribution in [0.4, 0.5) is 5.82 Å². The Morgan fingerprint density at radius 2 is 2.00 bits per heavy atom. The van der Waals surface area contributed by atoms with Crippen LogP contribution in [0.15, 0.2) is 30.5 Å². The minimum Gasteiger partial charge on any atom is -0.383 e. The molecule has 3 heteroatoms. The second-order valence-electron chi connectivity index (χ2n) is 3.04. The summed E-state index contributed by atoms with van der Waals surface area (Å²) < 4.78 is 0. The fourth-order valence-corrected chi connectivity index (χ4v) is 1.58. The SMILES string of the molecule is Nc1ncc(C#CCBr)c2ccccc12. The van der Waals surface area contributed by atoms with Gasteiger partial charge in [0.15, 0.2) is 0 Å². The van der Waals surface area contributed by atoms with Crippen molar-refractivity contribution in [1.82, 2.24) is 4.98 Å². The van der Waals surface area contributed by atoms with E-state index in [1.54, 1.807) is 6.20 Å². The van der Waals surface area contributed by atoms with Crippen LogP contribution in [0.3, 0.4) is 0 Å². The maximum atomic E-state index is 5.79. The van der Waals surface area contributed by atoms with Gasteiger partial charge in [-0.05, 0) is 0 Å². The van der Waals surface area contributed by atoms with Crippen molar-refractivity contribution in [2.24, 2.45) is 0 Å². The summed E-state index contributed by atoms with van der Waals surface area (Å²) in [6.07, 6.45) is 1.72. The third kappa shape index (κ3) is 1.95. The predicted octanol–water partition coefficient (Wildman–Crippen LogP) is 2.56. The molecule has 0 amide bonds. The Labute approximate surface area is 96.6 Å². The molecule has 0 atom stereocenters. The van der Waals surface area contributed by atoms with Crippen molar-refractivity contribution < 1.29 is 0 Å². The van der Waals surface area contributed by atoms with Crippen LogP contribution in [0.5, 0.6) is 0 Å². The smallest absolute Gasteiger partial charge is 0.131 e. The van der Waals surface area contributed by atoms with E-state index in [-0.39, 0.29) is 0 Å². The highest BCUT2D eigenvalue weighted by Crippen LogP contribution is 2.21. The lowest BCUT2D eigenvalue weighted by atomic mass is 10.1.